The molecule has 0 aliphatic heterocycles. The van der Waals surface area contributed by atoms with Gasteiger partial charge in [0.2, 0.25) is 0 Å². The molecule has 0 bridgehead atoms. The lowest BCUT2D eigenvalue weighted by Gasteiger charge is -2.06. The van der Waals surface area contributed by atoms with Crippen LogP contribution in [0.5, 0.6) is 0 Å². The van der Waals surface area contributed by atoms with Crippen LogP contribution in [0.4, 0.5) is 0 Å². The molecule has 0 saturated heterocycles. The van der Waals surface area contributed by atoms with Crippen molar-refractivity contribution in [3.8, 4) is 0 Å². The van der Waals surface area contributed by atoms with Crippen LogP contribution in [0.15, 0.2) is 84.3 Å². The van der Waals surface area contributed by atoms with Gasteiger partial charge in [0.25, 0.3) is 5.91 Å². The van der Waals surface area contributed by atoms with Gasteiger partial charge in [-0.2, -0.15) is 0 Å². The van der Waals surface area contributed by atoms with Crippen LogP contribution in [0, 0.1) is 0 Å². The lowest BCUT2D eigenvalue weighted by Crippen LogP contribution is -2.22. The summed E-state index contributed by atoms with van der Waals surface area (Å²) in [5.41, 5.74) is 3.67. The molecular weight excluding hydrogens is 356 g/mol. The minimum Gasteiger partial charge on any atom is -0.348 e. The zero-order chi connectivity index (χ0) is 18.5. The van der Waals surface area contributed by atoms with Gasteiger partial charge < -0.3 is 9.72 Å². The molecule has 4 aromatic rings. The molecule has 0 saturated carbocycles. The molecule has 1 aromatic carbocycles. The number of imidazole rings is 1. The van der Waals surface area contributed by atoms with Crippen molar-refractivity contribution in [2.75, 3.05) is 0 Å². The van der Waals surface area contributed by atoms with Crippen LogP contribution < -0.4 is 5.32 Å². The third-order valence-electron chi connectivity index (χ3n) is 4.12. The molecule has 0 fully saturated rings. The number of amides is 1. The second-order valence-corrected chi connectivity index (χ2v) is 7.10. The first-order chi connectivity index (χ1) is 13.3. The Balaban J connectivity index is 1.33. The molecule has 0 aliphatic rings. The van der Waals surface area contributed by atoms with Crippen LogP contribution in [0.2, 0.25) is 0 Å². The maximum atomic E-state index is 12.3. The van der Waals surface area contributed by atoms with Crippen LogP contribution in [0.25, 0.3) is 5.65 Å². The summed E-state index contributed by atoms with van der Waals surface area (Å²) in [6, 6.07) is 17.4. The van der Waals surface area contributed by atoms with Gasteiger partial charge in [-0.15, -0.1) is 11.8 Å². The van der Waals surface area contributed by atoms with E-state index in [1.165, 1.54) is 0 Å². The number of fused-ring (bicyclic) bond motifs is 1. The summed E-state index contributed by atoms with van der Waals surface area (Å²) in [5, 5.41) is 2.92. The normalized spacial score (nSPS) is 10.8. The minimum atomic E-state index is -0.0799. The van der Waals surface area contributed by atoms with E-state index in [1.807, 2.05) is 71.4 Å². The van der Waals surface area contributed by atoms with E-state index in [0.29, 0.717) is 12.1 Å². The molecule has 3 aromatic heterocycles. The predicted molar refractivity (Wildman–Crippen MR) is 107 cm³/mol. The molecule has 0 atom stereocenters. The minimum absolute atomic E-state index is 0.0799. The fourth-order valence-electron chi connectivity index (χ4n) is 2.70. The zero-order valence-electron chi connectivity index (χ0n) is 14.6. The Morgan fingerprint density at radius 2 is 1.85 bits per heavy atom. The zero-order valence-corrected chi connectivity index (χ0v) is 15.4. The topological polar surface area (TPSA) is 59.3 Å². The molecule has 0 radical (unpaired) electrons. The molecule has 1 amide bonds. The number of hydrogen-bond donors (Lipinski definition) is 1. The first kappa shape index (κ1) is 17.3. The fraction of sp³-hybridized carbons (Fsp3) is 0.0952. The van der Waals surface area contributed by atoms with E-state index >= 15 is 0 Å². The number of thioether (sulfide) groups is 1. The summed E-state index contributed by atoms with van der Waals surface area (Å²) in [5.74, 6) is 0.707. The van der Waals surface area contributed by atoms with E-state index in [0.717, 1.165) is 27.6 Å². The van der Waals surface area contributed by atoms with Gasteiger partial charge in [0.15, 0.2) is 0 Å². The average Bonchev–Trinajstić information content (AvgIpc) is 3.15. The SMILES string of the molecule is O=C(NCc1ccncc1)c1ccc(SCc2cn3ccccc3n2)cc1. The number of rotatable bonds is 6. The van der Waals surface area contributed by atoms with Crippen molar-refractivity contribution in [2.45, 2.75) is 17.2 Å². The maximum Gasteiger partial charge on any atom is 0.251 e. The average molecular weight is 374 g/mol. The van der Waals surface area contributed by atoms with Crippen molar-refractivity contribution in [3.63, 3.8) is 0 Å². The maximum absolute atomic E-state index is 12.3. The fourth-order valence-corrected chi connectivity index (χ4v) is 3.48. The number of aromatic nitrogens is 3. The standard InChI is InChI=1S/C21H18N4OS/c26-21(23-13-16-8-10-22-11-9-16)17-4-6-19(7-5-17)27-15-18-14-25-12-2-1-3-20(25)24-18/h1-12,14H,13,15H2,(H,23,26). The molecule has 0 unspecified atom stereocenters. The summed E-state index contributed by atoms with van der Waals surface area (Å²) in [6.07, 6.45) is 7.48. The van der Waals surface area contributed by atoms with Crippen LogP contribution in [0.1, 0.15) is 21.6 Å². The molecule has 27 heavy (non-hydrogen) atoms. The smallest absolute Gasteiger partial charge is 0.251 e. The molecule has 0 spiro atoms. The summed E-state index contributed by atoms with van der Waals surface area (Å²) >= 11 is 1.70. The van der Waals surface area contributed by atoms with E-state index < -0.39 is 0 Å². The summed E-state index contributed by atoms with van der Waals surface area (Å²) in [6.45, 7) is 0.492. The molecule has 0 aliphatic carbocycles. The van der Waals surface area contributed by atoms with E-state index in [4.69, 9.17) is 0 Å². The van der Waals surface area contributed by atoms with Crippen molar-refractivity contribution in [1.29, 1.82) is 0 Å². The predicted octanol–water partition coefficient (Wildman–Crippen LogP) is 3.95. The quantitative estimate of drug-likeness (QED) is 0.519. The van der Waals surface area contributed by atoms with Crippen molar-refractivity contribution >= 4 is 23.3 Å². The highest BCUT2D eigenvalue weighted by molar-refractivity contribution is 7.98. The Morgan fingerprint density at radius 1 is 1.04 bits per heavy atom. The van der Waals surface area contributed by atoms with Crippen LogP contribution in [-0.2, 0) is 12.3 Å². The summed E-state index contributed by atoms with van der Waals surface area (Å²) in [4.78, 5) is 21.9. The van der Waals surface area contributed by atoms with Gasteiger partial charge in [0, 0.05) is 47.5 Å². The number of hydrogen-bond acceptors (Lipinski definition) is 4. The molecule has 1 N–H and O–H groups in total. The largest absolute Gasteiger partial charge is 0.348 e. The van der Waals surface area contributed by atoms with E-state index in [1.54, 1.807) is 24.2 Å². The van der Waals surface area contributed by atoms with Crippen molar-refractivity contribution in [3.05, 3.63) is 96.2 Å². The molecule has 3 heterocycles. The van der Waals surface area contributed by atoms with Crippen molar-refractivity contribution in [1.82, 2.24) is 19.7 Å². The van der Waals surface area contributed by atoms with Crippen molar-refractivity contribution < 1.29 is 4.79 Å². The second-order valence-electron chi connectivity index (χ2n) is 6.05. The van der Waals surface area contributed by atoms with Gasteiger partial charge in [0.1, 0.15) is 5.65 Å². The van der Waals surface area contributed by atoms with Crippen LogP contribution in [-0.4, -0.2) is 20.3 Å². The number of benzene rings is 1. The Bertz CT molecular complexity index is 1010. The van der Waals surface area contributed by atoms with E-state index in [-0.39, 0.29) is 5.91 Å². The molecule has 134 valence electrons. The Hall–Kier alpha value is -3.12. The Labute approximate surface area is 161 Å². The lowest BCUT2D eigenvalue weighted by molar-refractivity contribution is 0.0951. The van der Waals surface area contributed by atoms with Gasteiger partial charge in [0.05, 0.1) is 5.69 Å². The first-order valence-corrected chi connectivity index (χ1v) is 9.59. The number of nitrogens with zero attached hydrogens (tertiary/aromatic N) is 3. The highest BCUT2D eigenvalue weighted by Gasteiger charge is 2.06. The molecule has 4 rings (SSSR count). The number of carbonyl (C=O) groups is 1. The van der Waals surface area contributed by atoms with Gasteiger partial charge in [-0.3, -0.25) is 9.78 Å². The van der Waals surface area contributed by atoms with Crippen LogP contribution in [0.3, 0.4) is 0 Å². The summed E-state index contributed by atoms with van der Waals surface area (Å²) < 4.78 is 2.02. The van der Waals surface area contributed by atoms with E-state index in [9.17, 15) is 4.79 Å². The highest BCUT2D eigenvalue weighted by Crippen LogP contribution is 2.23. The number of pyridine rings is 2. The highest BCUT2D eigenvalue weighted by atomic mass is 32.2. The van der Waals surface area contributed by atoms with Gasteiger partial charge >= 0.3 is 0 Å². The third-order valence-corrected chi connectivity index (χ3v) is 5.17. The van der Waals surface area contributed by atoms with Crippen molar-refractivity contribution in [2.24, 2.45) is 0 Å². The Morgan fingerprint density at radius 3 is 2.63 bits per heavy atom. The lowest BCUT2D eigenvalue weighted by atomic mass is 10.2. The monoisotopic (exact) mass is 374 g/mol. The summed E-state index contributed by atoms with van der Waals surface area (Å²) in [7, 11) is 0. The molecular formula is C21H18N4OS. The van der Waals surface area contributed by atoms with Crippen LogP contribution >= 0.6 is 11.8 Å². The first-order valence-electron chi connectivity index (χ1n) is 8.60. The second kappa shape index (κ2) is 8.05. The van der Waals surface area contributed by atoms with Gasteiger partial charge in [-0.1, -0.05) is 6.07 Å². The van der Waals surface area contributed by atoms with Gasteiger partial charge in [-0.05, 0) is 54.1 Å². The molecule has 6 heteroatoms. The third kappa shape index (κ3) is 4.35. The number of carbonyl (C=O) groups excluding carboxylic acids is 1. The van der Waals surface area contributed by atoms with E-state index in [2.05, 4.69) is 15.3 Å². The molecule has 5 nitrogen and oxygen atoms in total. The Kier molecular flexibility index (Phi) is 5.16. The number of nitrogens with one attached hydrogen (secondary N) is 1. The van der Waals surface area contributed by atoms with Gasteiger partial charge in [-0.25, -0.2) is 4.98 Å².